The highest BCUT2D eigenvalue weighted by Gasteiger charge is 2.27. The van der Waals surface area contributed by atoms with E-state index in [1.807, 2.05) is 36.4 Å². The molecule has 32 heavy (non-hydrogen) atoms. The third-order valence-corrected chi connectivity index (χ3v) is 6.01. The number of carbonyl (C=O) groups is 1. The Morgan fingerprint density at radius 2 is 1.81 bits per heavy atom. The number of ether oxygens (including phenoxy) is 1. The third-order valence-electron chi connectivity index (χ3n) is 6.01. The predicted octanol–water partition coefficient (Wildman–Crippen LogP) is 4.40. The van der Waals surface area contributed by atoms with E-state index >= 15 is 0 Å². The van der Waals surface area contributed by atoms with Crippen molar-refractivity contribution < 1.29 is 14.1 Å². The summed E-state index contributed by atoms with van der Waals surface area (Å²) >= 11 is 0. The van der Waals surface area contributed by atoms with E-state index in [4.69, 9.17) is 9.26 Å². The monoisotopic (exact) mass is 434 g/mol. The summed E-state index contributed by atoms with van der Waals surface area (Å²) in [4.78, 5) is 19.2. The number of rotatable bonds is 7. The summed E-state index contributed by atoms with van der Waals surface area (Å²) in [5.74, 6) is 1.98. The number of carbonyl (C=O) groups excluding carboxylic acids is 1. The van der Waals surface area contributed by atoms with E-state index in [1.165, 1.54) is 5.56 Å². The fourth-order valence-corrected chi connectivity index (χ4v) is 3.89. The maximum absolute atomic E-state index is 12.6. The number of methoxy groups -OCH3 is 1. The number of aromatic nitrogens is 2. The molecular weight excluding hydrogens is 404 g/mol. The number of hydrogen-bond acceptors (Lipinski definition) is 6. The van der Waals surface area contributed by atoms with Gasteiger partial charge in [-0.15, -0.1) is 0 Å². The molecule has 3 aromatic rings. The van der Waals surface area contributed by atoms with Crippen LogP contribution in [0.2, 0.25) is 0 Å². The minimum Gasteiger partial charge on any atom is -0.497 e. The van der Waals surface area contributed by atoms with Gasteiger partial charge < -0.3 is 19.5 Å². The molecule has 4 rings (SSSR count). The molecule has 0 unspecified atom stereocenters. The van der Waals surface area contributed by atoms with Gasteiger partial charge in [0.1, 0.15) is 5.75 Å². The quantitative estimate of drug-likeness (QED) is 0.594. The van der Waals surface area contributed by atoms with Gasteiger partial charge in [-0.25, -0.2) is 0 Å². The zero-order valence-corrected chi connectivity index (χ0v) is 18.9. The SMILES string of the molecule is COc1ccc(CNC(=O)C2CCN(c3nc(-c4ccc(C(C)C)cc4)no3)CC2)cc1. The first kappa shape index (κ1) is 21.9. The standard InChI is InChI=1S/C25H30N4O3/c1-17(2)19-6-8-20(9-7-19)23-27-25(32-28-23)29-14-12-21(13-15-29)24(30)26-16-18-4-10-22(31-3)11-5-18/h4-11,17,21H,12-16H2,1-3H3,(H,26,30). The van der Waals surface area contributed by atoms with Crippen molar-refractivity contribution in [1.82, 2.24) is 15.5 Å². The molecule has 1 aliphatic heterocycles. The smallest absolute Gasteiger partial charge is 0.324 e. The first-order chi connectivity index (χ1) is 15.5. The highest BCUT2D eigenvalue weighted by Crippen LogP contribution is 2.26. The molecule has 1 amide bonds. The Morgan fingerprint density at radius 1 is 1.12 bits per heavy atom. The van der Waals surface area contributed by atoms with E-state index in [9.17, 15) is 4.79 Å². The summed E-state index contributed by atoms with van der Waals surface area (Å²) in [6.45, 7) is 6.30. The number of piperidine rings is 1. The Labute approximate surface area is 188 Å². The van der Waals surface area contributed by atoms with Crippen LogP contribution in [0.25, 0.3) is 11.4 Å². The van der Waals surface area contributed by atoms with Crippen molar-refractivity contribution in [2.24, 2.45) is 5.92 Å². The fourth-order valence-electron chi connectivity index (χ4n) is 3.89. The van der Waals surface area contributed by atoms with E-state index in [1.54, 1.807) is 7.11 Å². The molecule has 0 atom stereocenters. The molecule has 7 heteroatoms. The van der Waals surface area contributed by atoms with Crippen molar-refractivity contribution in [1.29, 1.82) is 0 Å². The maximum atomic E-state index is 12.6. The first-order valence-corrected chi connectivity index (χ1v) is 11.1. The molecule has 0 saturated carbocycles. The van der Waals surface area contributed by atoms with Crippen LogP contribution < -0.4 is 15.0 Å². The number of amides is 1. The summed E-state index contributed by atoms with van der Waals surface area (Å²) in [5.41, 5.74) is 3.28. The Kier molecular flexibility index (Phi) is 6.73. The zero-order chi connectivity index (χ0) is 22.5. The summed E-state index contributed by atoms with van der Waals surface area (Å²) in [6.07, 6.45) is 1.52. The summed E-state index contributed by atoms with van der Waals surface area (Å²) in [5, 5.41) is 7.20. The molecule has 1 aliphatic rings. The van der Waals surface area contributed by atoms with Crippen LogP contribution in [-0.4, -0.2) is 36.2 Å². The number of benzene rings is 2. The van der Waals surface area contributed by atoms with Gasteiger partial charge in [-0.1, -0.05) is 55.4 Å². The second-order valence-electron chi connectivity index (χ2n) is 8.50. The summed E-state index contributed by atoms with van der Waals surface area (Å²) in [6, 6.07) is 16.5. The first-order valence-electron chi connectivity index (χ1n) is 11.1. The lowest BCUT2D eigenvalue weighted by atomic mass is 9.96. The largest absolute Gasteiger partial charge is 0.497 e. The van der Waals surface area contributed by atoms with Gasteiger partial charge in [-0.2, -0.15) is 4.98 Å². The Balaban J connectivity index is 1.28. The third kappa shape index (κ3) is 5.10. The molecule has 168 valence electrons. The van der Waals surface area contributed by atoms with Gasteiger partial charge in [0.2, 0.25) is 11.7 Å². The normalized spacial score (nSPS) is 14.6. The topological polar surface area (TPSA) is 80.5 Å². The van der Waals surface area contributed by atoms with Crippen molar-refractivity contribution in [3.8, 4) is 17.1 Å². The highest BCUT2D eigenvalue weighted by molar-refractivity contribution is 5.79. The molecular formula is C25H30N4O3. The van der Waals surface area contributed by atoms with Crippen LogP contribution in [0.15, 0.2) is 53.1 Å². The van der Waals surface area contributed by atoms with E-state index in [-0.39, 0.29) is 11.8 Å². The number of nitrogens with one attached hydrogen (secondary N) is 1. The Morgan fingerprint density at radius 3 is 2.44 bits per heavy atom. The Bertz CT molecular complexity index is 1020. The molecule has 0 aliphatic carbocycles. The minimum absolute atomic E-state index is 0.00420. The zero-order valence-electron chi connectivity index (χ0n) is 18.9. The second-order valence-corrected chi connectivity index (χ2v) is 8.50. The van der Waals surface area contributed by atoms with Crippen LogP contribution >= 0.6 is 0 Å². The van der Waals surface area contributed by atoms with Crippen molar-refractivity contribution in [2.45, 2.75) is 39.2 Å². The lowest BCUT2D eigenvalue weighted by molar-refractivity contribution is -0.125. The van der Waals surface area contributed by atoms with Crippen LogP contribution in [-0.2, 0) is 11.3 Å². The second kappa shape index (κ2) is 9.85. The molecule has 1 N–H and O–H groups in total. The lowest BCUT2D eigenvalue weighted by Gasteiger charge is -2.29. The van der Waals surface area contributed by atoms with Crippen molar-refractivity contribution in [3.63, 3.8) is 0 Å². The number of nitrogens with zero attached hydrogens (tertiary/aromatic N) is 3. The molecule has 0 radical (unpaired) electrons. The highest BCUT2D eigenvalue weighted by atomic mass is 16.5. The van der Waals surface area contributed by atoms with E-state index in [2.05, 4.69) is 46.3 Å². The van der Waals surface area contributed by atoms with Gasteiger partial charge in [0, 0.05) is 31.1 Å². The Hall–Kier alpha value is -3.35. The molecule has 7 nitrogen and oxygen atoms in total. The predicted molar refractivity (Wildman–Crippen MR) is 124 cm³/mol. The molecule has 1 saturated heterocycles. The van der Waals surface area contributed by atoms with E-state index in [0.29, 0.717) is 37.4 Å². The van der Waals surface area contributed by atoms with Gasteiger partial charge in [-0.05, 0) is 42.0 Å². The van der Waals surface area contributed by atoms with Gasteiger partial charge in [0.25, 0.3) is 0 Å². The van der Waals surface area contributed by atoms with Crippen LogP contribution in [0.1, 0.15) is 43.7 Å². The number of anilines is 1. The van der Waals surface area contributed by atoms with E-state index < -0.39 is 0 Å². The van der Waals surface area contributed by atoms with Crippen molar-refractivity contribution in [2.75, 3.05) is 25.1 Å². The van der Waals surface area contributed by atoms with Crippen LogP contribution in [0, 0.1) is 5.92 Å². The number of hydrogen-bond donors (Lipinski definition) is 1. The van der Waals surface area contributed by atoms with Crippen LogP contribution in [0.3, 0.4) is 0 Å². The molecule has 0 spiro atoms. The molecule has 0 bridgehead atoms. The molecule has 2 aromatic carbocycles. The summed E-state index contributed by atoms with van der Waals surface area (Å²) in [7, 11) is 1.64. The van der Waals surface area contributed by atoms with Gasteiger partial charge in [0.05, 0.1) is 7.11 Å². The molecule has 1 aromatic heterocycles. The van der Waals surface area contributed by atoms with Gasteiger partial charge in [0.15, 0.2) is 0 Å². The lowest BCUT2D eigenvalue weighted by Crippen LogP contribution is -2.40. The van der Waals surface area contributed by atoms with Gasteiger partial charge in [-0.3, -0.25) is 4.79 Å². The maximum Gasteiger partial charge on any atom is 0.324 e. The van der Waals surface area contributed by atoms with Crippen molar-refractivity contribution >= 4 is 11.9 Å². The molecule has 2 heterocycles. The fraction of sp³-hybridized carbons (Fsp3) is 0.400. The average molecular weight is 435 g/mol. The van der Waals surface area contributed by atoms with Gasteiger partial charge >= 0.3 is 6.01 Å². The van der Waals surface area contributed by atoms with Crippen LogP contribution in [0.5, 0.6) is 5.75 Å². The van der Waals surface area contributed by atoms with Crippen LogP contribution in [0.4, 0.5) is 6.01 Å². The minimum atomic E-state index is -0.00420. The van der Waals surface area contributed by atoms with Crippen molar-refractivity contribution in [3.05, 3.63) is 59.7 Å². The summed E-state index contributed by atoms with van der Waals surface area (Å²) < 4.78 is 10.7. The molecule has 1 fully saturated rings. The van der Waals surface area contributed by atoms with E-state index in [0.717, 1.165) is 29.7 Å². The average Bonchev–Trinajstić information content (AvgIpc) is 3.33.